The monoisotopic (exact) mass is 229 g/mol. The Morgan fingerprint density at radius 3 is 2.65 bits per heavy atom. The van der Waals surface area contributed by atoms with Gasteiger partial charge in [0, 0.05) is 18.3 Å². The first kappa shape index (κ1) is 11.9. The fourth-order valence-corrected chi connectivity index (χ4v) is 2.03. The van der Waals surface area contributed by atoms with Crippen LogP contribution in [0.4, 0.5) is 0 Å². The van der Waals surface area contributed by atoms with Gasteiger partial charge in [0.15, 0.2) is 0 Å². The van der Waals surface area contributed by atoms with Crippen LogP contribution >= 0.6 is 0 Å². The minimum Gasteiger partial charge on any atom is -0.330 e. The van der Waals surface area contributed by atoms with Crippen LogP contribution < -0.4 is 5.73 Å². The first-order chi connectivity index (χ1) is 8.22. The van der Waals surface area contributed by atoms with Crippen molar-refractivity contribution in [3.8, 4) is 0 Å². The van der Waals surface area contributed by atoms with E-state index < -0.39 is 0 Å². The highest BCUT2D eigenvalue weighted by molar-refractivity contribution is 5.25. The fourth-order valence-electron chi connectivity index (χ4n) is 2.03. The summed E-state index contributed by atoms with van der Waals surface area (Å²) in [4.78, 5) is 4.21. The Balaban J connectivity index is 2.26. The third kappa shape index (κ3) is 2.56. The predicted molar refractivity (Wildman–Crippen MR) is 70.0 cm³/mol. The maximum Gasteiger partial charge on any atom is 0.0953 e. The van der Waals surface area contributed by atoms with Crippen LogP contribution in [0.15, 0.2) is 36.8 Å². The summed E-state index contributed by atoms with van der Waals surface area (Å²) in [6.07, 6.45) is 4.66. The van der Waals surface area contributed by atoms with E-state index in [4.69, 9.17) is 5.73 Å². The van der Waals surface area contributed by atoms with E-state index in [1.165, 1.54) is 16.8 Å². The largest absolute Gasteiger partial charge is 0.330 e. The predicted octanol–water partition coefficient (Wildman–Crippen LogP) is 2.30. The molecule has 0 saturated carbocycles. The first-order valence-corrected chi connectivity index (χ1v) is 5.99. The van der Waals surface area contributed by atoms with Crippen LogP contribution in [0.1, 0.15) is 29.8 Å². The second-order valence-electron chi connectivity index (χ2n) is 4.42. The van der Waals surface area contributed by atoms with Gasteiger partial charge in [-0.25, -0.2) is 4.98 Å². The average molecular weight is 229 g/mol. The van der Waals surface area contributed by atoms with Crippen molar-refractivity contribution in [2.24, 2.45) is 5.73 Å². The Morgan fingerprint density at radius 1 is 1.29 bits per heavy atom. The zero-order valence-corrected chi connectivity index (χ0v) is 10.4. The number of hydrogen-bond acceptors (Lipinski definition) is 2. The maximum atomic E-state index is 5.61. The number of imidazole rings is 1. The van der Waals surface area contributed by atoms with Crippen molar-refractivity contribution in [1.82, 2.24) is 9.55 Å². The third-order valence-electron chi connectivity index (χ3n) is 3.12. The molecule has 0 amide bonds. The molecule has 3 heteroatoms. The number of rotatable bonds is 4. The van der Waals surface area contributed by atoms with Crippen LogP contribution in [-0.2, 0) is 6.42 Å². The molecular weight excluding hydrogens is 210 g/mol. The van der Waals surface area contributed by atoms with Gasteiger partial charge in [0.2, 0.25) is 0 Å². The molecule has 2 rings (SSSR count). The molecule has 0 aliphatic carbocycles. The van der Waals surface area contributed by atoms with Gasteiger partial charge in [-0.15, -0.1) is 0 Å². The Morgan fingerprint density at radius 2 is 2.00 bits per heavy atom. The molecule has 90 valence electrons. The van der Waals surface area contributed by atoms with Crippen molar-refractivity contribution in [2.75, 3.05) is 6.54 Å². The second kappa shape index (κ2) is 5.15. The van der Waals surface area contributed by atoms with E-state index in [9.17, 15) is 0 Å². The molecule has 1 aromatic heterocycles. The number of nitrogens with zero attached hydrogens (tertiary/aromatic N) is 2. The van der Waals surface area contributed by atoms with Crippen LogP contribution in [-0.4, -0.2) is 16.1 Å². The van der Waals surface area contributed by atoms with Gasteiger partial charge in [-0.1, -0.05) is 29.8 Å². The molecule has 17 heavy (non-hydrogen) atoms. The lowest BCUT2D eigenvalue weighted by molar-refractivity contribution is 0.607. The standard InChI is InChI=1S/C14H19N3/c1-11-3-5-13(6-4-11)12(2)17-10-16-9-14(17)7-8-15/h3-6,9-10,12H,7-8,15H2,1-2H3. The van der Waals surface area contributed by atoms with Crippen molar-refractivity contribution in [1.29, 1.82) is 0 Å². The lowest BCUT2D eigenvalue weighted by atomic mass is 10.1. The van der Waals surface area contributed by atoms with Crippen LogP contribution in [0.2, 0.25) is 0 Å². The van der Waals surface area contributed by atoms with Gasteiger partial charge in [-0.05, 0) is 26.0 Å². The van der Waals surface area contributed by atoms with E-state index in [1.54, 1.807) is 0 Å². The number of benzene rings is 1. The van der Waals surface area contributed by atoms with Gasteiger partial charge in [0.25, 0.3) is 0 Å². The number of aromatic nitrogens is 2. The van der Waals surface area contributed by atoms with E-state index in [0.29, 0.717) is 12.6 Å². The van der Waals surface area contributed by atoms with E-state index in [1.807, 2.05) is 12.5 Å². The van der Waals surface area contributed by atoms with E-state index in [0.717, 1.165) is 6.42 Å². The van der Waals surface area contributed by atoms with Crippen LogP contribution in [0, 0.1) is 6.92 Å². The molecule has 3 nitrogen and oxygen atoms in total. The second-order valence-corrected chi connectivity index (χ2v) is 4.42. The van der Waals surface area contributed by atoms with Crippen molar-refractivity contribution < 1.29 is 0 Å². The third-order valence-corrected chi connectivity index (χ3v) is 3.12. The van der Waals surface area contributed by atoms with Gasteiger partial charge < -0.3 is 10.3 Å². The topological polar surface area (TPSA) is 43.8 Å². The smallest absolute Gasteiger partial charge is 0.0953 e. The van der Waals surface area contributed by atoms with Crippen LogP contribution in [0.5, 0.6) is 0 Å². The molecule has 0 bridgehead atoms. The number of nitrogens with two attached hydrogens (primary N) is 1. The summed E-state index contributed by atoms with van der Waals surface area (Å²) >= 11 is 0. The lowest BCUT2D eigenvalue weighted by Crippen LogP contribution is -2.12. The molecule has 0 aliphatic rings. The Hall–Kier alpha value is -1.61. The minimum absolute atomic E-state index is 0.305. The van der Waals surface area contributed by atoms with Gasteiger partial charge in [0.1, 0.15) is 0 Å². The highest BCUT2D eigenvalue weighted by Crippen LogP contribution is 2.20. The SMILES string of the molecule is Cc1ccc(C(C)n2cncc2CCN)cc1. The summed E-state index contributed by atoms with van der Waals surface area (Å²) in [6.45, 7) is 4.95. The average Bonchev–Trinajstić information content (AvgIpc) is 2.78. The van der Waals surface area contributed by atoms with Gasteiger partial charge in [0.05, 0.1) is 12.4 Å². The highest BCUT2D eigenvalue weighted by atomic mass is 15.1. The quantitative estimate of drug-likeness (QED) is 0.874. The molecule has 1 aromatic carbocycles. The molecule has 0 aliphatic heterocycles. The van der Waals surface area contributed by atoms with E-state index in [2.05, 4.69) is 47.7 Å². The summed E-state index contributed by atoms with van der Waals surface area (Å²) in [5, 5.41) is 0. The normalized spacial score (nSPS) is 12.6. The van der Waals surface area contributed by atoms with E-state index in [-0.39, 0.29) is 0 Å². The summed E-state index contributed by atoms with van der Waals surface area (Å²) in [6, 6.07) is 8.94. The number of aryl methyl sites for hydroxylation is 1. The van der Waals surface area contributed by atoms with Crippen LogP contribution in [0.25, 0.3) is 0 Å². The van der Waals surface area contributed by atoms with Crippen molar-refractivity contribution in [3.63, 3.8) is 0 Å². The van der Waals surface area contributed by atoms with Crippen LogP contribution in [0.3, 0.4) is 0 Å². The highest BCUT2D eigenvalue weighted by Gasteiger charge is 2.10. The molecule has 1 atom stereocenters. The molecule has 2 aromatic rings. The zero-order valence-electron chi connectivity index (χ0n) is 10.4. The molecule has 1 heterocycles. The summed E-state index contributed by atoms with van der Waals surface area (Å²) in [5.41, 5.74) is 9.39. The Labute approximate surface area is 102 Å². The van der Waals surface area contributed by atoms with Crippen molar-refractivity contribution in [2.45, 2.75) is 26.3 Å². The number of hydrogen-bond donors (Lipinski definition) is 1. The minimum atomic E-state index is 0.305. The molecular formula is C14H19N3. The molecule has 2 N–H and O–H groups in total. The van der Waals surface area contributed by atoms with Gasteiger partial charge in [-0.3, -0.25) is 0 Å². The molecule has 1 unspecified atom stereocenters. The lowest BCUT2D eigenvalue weighted by Gasteiger charge is -2.17. The molecule has 0 spiro atoms. The molecule has 0 fully saturated rings. The zero-order chi connectivity index (χ0) is 12.3. The summed E-state index contributed by atoms with van der Waals surface area (Å²) < 4.78 is 2.19. The maximum absolute atomic E-state index is 5.61. The molecule has 0 radical (unpaired) electrons. The summed E-state index contributed by atoms with van der Waals surface area (Å²) in [7, 11) is 0. The van der Waals surface area contributed by atoms with Gasteiger partial charge in [-0.2, -0.15) is 0 Å². The van der Waals surface area contributed by atoms with E-state index >= 15 is 0 Å². The summed E-state index contributed by atoms with van der Waals surface area (Å²) in [5.74, 6) is 0. The van der Waals surface area contributed by atoms with Gasteiger partial charge >= 0.3 is 0 Å². The Kier molecular flexibility index (Phi) is 3.59. The fraction of sp³-hybridized carbons (Fsp3) is 0.357. The first-order valence-electron chi connectivity index (χ1n) is 5.99. The van der Waals surface area contributed by atoms with Crippen molar-refractivity contribution >= 4 is 0 Å². The Bertz CT molecular complexity index is 470. The molecule has 0 saturated heterocycles. The van der Waals surface area contributed by atoms with Crippen molar-refractivity contribution in [3.05, 3.63) is 53.6 Å².